The van der Waals surface area contributed by atoms with E-state index in [1.807, 2.05) is 12.3 Å². The van der Waals surface area contributed by atoms with Gasteiger partial charge in [0.15, 0.2) is 0 Å². The first kappa shape index (κ1) is 18.6. The summed E-state index contributed by atoms with van der Waals surface area (Å²) in [5.41, 5.74) is 7.72. The molecule has 0 bridgehead atoms. The number of hydrogen-bond acceptors (Lipinski definition) is 2. The van der Waals surface area contributed by atoms with Crippen LogP contribution in [-0.2, 0) is 6.42 Å². The predicted molar refractivity (Wildman–Crippen MR) is 126 cm³/mol. The zero-order valence-corrected chi connectivity index (χ0v) is 17.6. The second kappa shape index (κ2) is 7.14. The average molecular weight is 392 g/mol. The van der Waals surface area contributed by atoms with Crippen molar-refractivity contribution < 1.29 is 4.42 Å². The van der Waals surface area contributed by atoms with Gasteiger partial charge in [-0.1, -0.05) is 75.4 Å². The highest BCUT2D eigenvalue weighted by molar-refractivity contribution is 6.15. The summed E-state index contributed by atoms with van der Waals surface area (Å²) >= 11 is 0. The molecule has 0 unspecified atom stereocenters. The molecule has 0 amide bonds. The summed E-state index contributed by atoms with van der Waals surface area (Å²) in [6, 6.07) is 27.4. The topological polar surface area (TPSA) is 26.0 Å². The highest BCUT2D eigenvalue weighted by atomic mass is 16.3. The zero-order valence-electron chi connectivity index (χ0n) is 17.6. The predicted octanol–water partition coefficient (Wildman–Crippen LogP) is 7.90. The average Bonchev–Trinajstić information content (AvgIpc) is 3.12. The van der Waals surface area contributed by atoms with Gasteiger partial charge in [0, 0.05) is 22.5 Å². The molecule has 0 atom stereocenters. The number of furan rings is 1. The van der Waals surface area contributed by atoms with Gasteiger partial charge in [-0.05, 0) is 52.8 Å². The Morgan fingerprint density at radius 1 is 0.800 bits per heavy atom. The van der Waals surface area contributed by atoms with E-state index in [1.165, 1.54) is 16.7 Å². The lowest BCUT2D eigenvalue weighted by Gasteiger charge is -2.18. The molecule has 0 radical (unpaired) electrons. The standard InChI is InChI=1S/C28H25NO/c1-28(2,3)18-19-15-16-29-24(17-19)22-12-7-13-23-26-21(20-9-5-4-6-10-20)11-8-14-25(26)30-27(22)23/h4-17H,18H2,1-3H3. The van der Waals surface area contributed by atoms with E-state index in [0.29, 0.717) is 0 Å². The van der Waals surface area contributed by atoms with Crippen molar-refractivity contribution in [2.75, 3.05) is 0 Å². The summed E-state index contributed by atoms with van der Waals surface area (Å²) in [6.07, 6.45) is 2.92. The van der Waals surface area contributed by atoms with Crippen LogP contribution in [0.25, 0.3) is 44.3 Å². The lowest BCUT2D eigenvalue weighted by Crippen LogP contribution is -2.09. The Hall–Kier alpha value is -3.39. The highest BCUT2D eigenvalue weighted by Gasteiger charge is 2.17. The fourth-order valence-electron chi connectivity index (χ4n) is 4.25. The number of rotatable bonds is 3. The monoisotopic (exact) mass is 391 g/mol. The van der Waals surface area contributed by atoms with Crippen LogP contribution < -0.4 is 0 Å². The van der Waals surface area contributed by atoms with Crippen molar-refractivity contribution in [2.24, 2.45) is 5.41 Å². The SMILES string of the molecule is CC(C)(C)Cc1ccnc(-c2cccc3c2oc2cccc(-c4ccccc4)c23)c1. The maximum Gasteiger partial charge on any atom is 0.144 e. The molecule has 30 heavy (non-hydrogen) atoms. The molecule has 5 rings (SSSR count). The molecular formula is C28H25NO. The minimum absolute atomic E-state index is 0.231. The summed E-state index contributed by atoms with van der Waals surface area (Å²) < 4.78 is 6.40. The van der Waals surface area contributed by atoms with Crippen LogP contribution in [0.4, 0.5) is 0 Å². The summed E-state index contributed by atoms with van der Waals surface area (Å²) in [5, 5.41) is 2.29. The van der Waals surface area contributed by atoms with E-state index in [4.69, 9.17) is 4.42 Å². The molecule has 0 saturated carbocycles. The van der Waals surface area contributed by atoms with E-state index in [0.717, 1.165) is 39.6 Å². The largest absolute Gasteiger partial charge is 0.455 e. The van der Waals surface area contributed by atoms with Crippen molar-refractivity contribution in [3.8, 4) is 22.4 Å². The van der Waals surface area contributed by atoms with Crippen LogP contribution in [0.3, 0.4) is 0 Å². The van der Waals surface area contributed by atoms with Crippen LogP contribution in [0.15, 0.2) is 89.5 Å². The fourth-order valence-corrected chi connectivity index (χ4v) is 4.25. The minimum Gasteiger partial charge on any atom is -0.455 e. The Morgan fingerprint density at radius 3 is 2.37 bits per heavy atom. The van der Waals surface area contributed by atoms with Crippen molar-refractivity contribution in [2.45, 2.75) is 27.2 Å². The Bertz CT molecular complexity index is 1340. The Balaban J connectivity index is 1.72. The maximum atomic E-state index is 6.40. The lowest BCUT2D eigenvalue weighted by molar-refractivity contribution is 0.411. The van der Waals surface area contributed by atoms with Gasteiger partial charge in [-0.2, -0.15) is 0 Å². The zero-order chi connectivity index (χ0) is 20.7. The van der Waals surface area contributed by atoms with Crippen molar-refractivity contribution >= 4 is 21.9 Å². The number of pyridine rings is 1. The van der Waals surface area contributed by atoms with E-state index in [1.54, 1.807) is 0 Å². The number of aromatic nitrogens is 1. The summed E-state index contributed by atoms with van der Waals surface area (Å²) in [7, 11) is 0. The van der Waals surface area contributed by atoms with Gasteiger partial charge in [0.2, 0.25) is 0 Å². The number of fused-ring (bicyclic) bond motifs is 3. The van der Waals surface area contributed by atoms with Crippen LogP contribution in [0.1, 0.15) is 26.3 Å². The molecule has 2 nitrogen and oxygen atoms in total. The molecule has 2 aromatic heterocycles. The van der Waals surface area contributed by atoms with Crippen LogP contribution in [0.5, 0.6) is 0 Å². The van der Waals surface area contributed by atoms with Gasteiger partial charge in [-0.15, -0.1) is 0 Å². The number of hydrogen-bond donors (Lipinski definition) is 0. The highest BCUT2D eigenvalue weighted by Crippen LogP contribution is 2.40. The Labute approximate surface area is 177 Å². The molecule has 3 aromatic carbocycles. The molecule has 2 heterocycles. The molecule has 0 N–H and O–H groups in total. The van der Waals surface area contributed by atoms with E-state index < -0.39 is 0 Å². The van der Waals surface area contributed by atoms with Gasteiger partial charge in [0.05, 0.1) is 5.69 Å². The molecule has 0 aliphatic rings. The maximum absolute atomic E-state index is 6.40. The molecule has 0 aliphatic carbocycles. The number of benzene rings is 3. The van der Waals surface area contributed by atoms with Crippen molar-refractivity contribution in [1.82, 2.24) is 4.98 Å². The minimum atomic E-state index is 0.231. The first-order valence-electron chi connectivity index (χ1n) is 10.4. The molecule has 5 aromatic rings. The van der Waals surface area contributed by atoms with Gasteiger partial charge in [-0.25, -0.2) is 0 Å². The van der Waals surface area contributed by atoms with Crippen LogP contribution in [0.2, 0.25) is 0 Å². The third-order valence-corrected chi connectivity index (χ3v) is 5.44. The second-order valence-corrected chi connectivity index (χ2v) is 9.12. The number of para-hydroxylation sites is 1. The third-order valence-electron chi connectivity index (χ3n) is 5.44. The van der Waals surface area contributed by atoms with Crippen LogP contribution in [-0.4, -0.2) is 4.98 Å². The first-order chi connectivity index (χ1) is 14.5. The molecule has 0 fully saturated rings. The molecular weight excluding hydrogens is 366 g/mol. The quantitative estimate of drug-likeness (QED) is 0.312. The van der Waals surface area contributed by atoms with E-state index in [-0.39, 0.29) is 5.41 Å². The molecule has 0 spiro atoms. The van der Waals surface area contributed by atoms with Crippen molar-refractivity contribution in [3.63, 3.8) is 0 Å². The first-order valence-corrected chi connectivity index (χ1v) is 10.4. The number of nitrogens with zero attached hydrogens (tertiary/aromatic N) is 1. The van der Waals surface area contributed by atoms with Crippen molar-refractivity contribution in [3.05, 3.63) is 90.6 Å². The second-order valence-electron chi connectivity index (χ2n) is 9.12. The van der Waals surface area contributed by atoms with Crippen LogP contribution >= 0.6 is 0 Å². The van der Waals surface area contributed by atoms with Gasteiger partial charge in [0.1, 0.15) is 11.2 Å². The molecule has 2 heteroatoms. The van der Waals surface area contributed by atoms with Gasteiger partial charge in [-0.3, -0.25) is 4.98 Å². The molecule has 0 aliphatic heterocycles. The Kier molecular flexibility index (Phi) is 4.43. The van der Waals surface area contributed by atoms with E-state index >= 15 is 0 Å². The Morgan fingerprint density at radius 2 is 1.57 bits per heavy atom. The summed E-state index contributed by atoms with van der Waals surface area (Å²) in [4.78, 5) is 4.68. The van der Waals surface area contributed by atoms with Crippen LogP contribution in [0, 0.1) is 5.41 Å². The van der Waals surface area contributed by atoms with Gasteiger partial charge >= 0.3 is 0 Å². The van der Waals surface area contributed by atoms with Gasteiger partial charge in [0.25, 0.3) is 0 Å². The normalized spacial score (nSPS) is 12.0. The van der Waals surface area contributed by atoms with E-state index in [2.05, 4.69) is 98.6 Å². The van der Waals surface area contributed by atoms with Crippen molar-refractivity contribution in [1.29, 1.82) is 0 Å². The molecule has 148 valence electrons. The fraction of sp³-hybridized carbons (Fsp3) is 0.179. The summed E-state index contributed by atoms with van der Waals surface area (Å²) in [6.45, 7) is 6.79. The summed E-state index contributed by atoms with van der Waals surface area (Å²) in [5.74, 6) is 0. The molecule has 0 saturated heterocycles. The third kappa shape index (κ3) is 3.39. The van der Waals surface area contributed by atoms with Gasteiger partial charge < -0.3 is 4.42 Å². The van der Waals surface area contributed by atoms with E-state index in [9.17, 15) is 0 Å². The smallest absolute Gasteiger partial charge is 0.144 e. The lowest BCUT2D eigenvalue weighted by atomic mass is 9.88.